The zero-order valence-corrected chi connectivity index (χ0v) is 15.9. The third-order valence-electron chi connectivity index (χ3n) is 5.23. The summed E-state index contributed by atoms with van der Waals surface area (Å²) >= 11 is 6.09. The molecule has 6 heteroatoms. The predicted molar refractivity (Wildman–Crippen MR) is 109 cm³/mol. The van der Waals surface area contributed by atoms with E-state index < -0.39 is 0 Å². The lowest BCUT2D eigenvalue weighted by molar-refractivity contribution is 0.0639. The summed E-state index contributed by atoms with van der Waals surface area (Å²) in [5.74, 6) is 0.645. The molecule has 0 unspecified atom stereocenters. The van der Waals surface area contributed by atoms with Crippen molar-refractivity contribution in [3.63, 3.8) is 0 Å². The van der Waals surface area contributed by atoms with Gasteiger partial charge in [-0.25, -0.2) is 0 Å². The number of halogens is 1. The summed E-state index contributed by atoms with van der Waals surface area (Å²) in [6.07, 6.45) is 3.53. The average molecular weight is 386 g/mol. The highest BCUT2D eigenvalue weighted by atomic mass is 35.5. The first-order valence-electron chi connectivity index (χ1n) is 9.48. The predicted octanol–water partition coefficient (Wildman–Crippen LogP) is 4.56. The van der Waals surface area contributed by atoms with Crippen LogP contribution in [0.15, 0.2) is 36.4 Å². The van der Waals surface area contributed by atoms with E-state index in [-0.39, 0.29) is 5.91 Å². The van der Waals surface area contributed by atoms with Gasteiger partial charge in [0.25, 0.3) is 5.91 Å². The summed E-state index contributed by atoms with van der Waals surface area (Å²) in [5, 5.41) is 10.4. The summed E-state index contributed by atoms with van der Waals surface area (Å²) in [6.45, 7) is 3.61. The van der Waals surface area contributed by atoms with Gasteiger partial charge < -0.3 is 20.7 Å². The van der Waals surface area contributed by atoms with Gasteiger partial charge in [-0.2, -0.15) is 0 Å². The van der Waals surface area contributed by atoms with Crippen LogP contribution in [0.4, 0.5) is 17.1 Å². The van der Waals surface area contributed by atoms with Crippen LogP contribution in [0.3, 0.4) is 0 Å². The van der Waals surface area contributed by atoms with Crippen LogP contribution < -0.4 is 16.0 Å². The Hall–Kier alpha value is -2.08. The Kier molecular flexibility index (Phi) is 5.62. The minimum atomic E-state index is -0.129. The molecular weight excluding hydrogens is 362 g/mol. The zero-order chi connectivity index (χ0) is 18.6. The lowest BCUT2D eigenvalue weighted by Gasteiger charge is -2.22. The summed E-state index contributed by atoms with van der Waals surface area (Å²) in [6, 6.07) is 11.3. The Labute approximate surface area is 164 Å². The molecule has 4 rings (SSSR count). The third-order valence-corrected chi connectivity index (χ3v) is 5.46. The van der Waals surface area contributed by atoms with Crippen molar-refractivity contribution in [2.45, 2.75) is 25.8 Å². The number of amides is 1. The van der Waals surface area contributed by atoms with E-state index in [2.05, 4.69) is 22.0 Å². The molecule has 27 heavy (non-hydrogen) atoms. The van der Waals surface area contributed by atoms with Crippen LogP contribution >= 0.6 is 11.6 Å². The SMILES string of the molecule is O=C1Nc2ccc(CNCCC3CCOCC3)cc2Nc2cc(Cl)ccc21. The molecule has 2 aliphatic heterocycles. The van der Waals surface area contributed by atoms with Gasteiger partial charge in [-0.05, 0) is 67.6 Å². The van der Waals surface area contributed by atoms with Crippen LogP contribution in [0.1, 0.15) is 35.2 Å². The fraction of sp³-hybridized carbons (Fsp3) is 0.381. The van der Waals surface area contributed by atoms with Crippen LogP contribution in [-0.4, -0.2) is 25.7 Å². The van der Waals surface area contributed by atoms with E-state index in [0.29, 0.717) is 10.6 Å². The normalized spacial score (nSPS) is 16.7. The zero-order valence-electron chi connectivity index (χ0n) is 15.2. The van der Waals surface area contributed by atoms with Crippen molar-refractivity contribution in [2.24, 2.45) is 5.92 Å². The van der Waals surface area contributed by atoms with E-state index in [1.165, 1.54) is 24.8 Å². The Morgan fingerprint density at radius 2 is 1.89 bits per heavy atom. The molecule has 1 amide bonds. The molecule has 142 valence electrons. The molecule has 1 saturated heterocycles. The van der Waals surface area contributed by atoms with Gasteiger partial charge in [0.05, 0.1) is 22.6 Å². The number of fused-ring (bicyclic) bond motifs is 2. The Morgan fingerprint density at radius 1 is 1.04 bits per heavy atom. The van der Waals surface area contributed by atoms with E-state index in [1.54, 1.807) is 18.2 Å². The number of hydrogen-bond donors (Lipinski definition) is 3. The molecule has 1 fully saturated rings. The highest BCUT2D eigenvalue weighted by Crippen LogP contribution is 2.34. The van der Waals surface area contributed by atoms with Crippen LogP contribution in [-0.2, 0) is 11.3 Å². The number of ether oxygens (including phenoxy) is 1. The van der Waals surface area contributed by atoms with Gasteiger partial charge in [0.1, 0.15) is 0 Å². The van der Waals surface area contributed by atoms with Crippen molar-refractivity contribution in [1.82, 2.24) is 5.32 Å². The molecule has 0 aliphatic carbocycles. The Balaban J connectivity index is 1.40. The fourth-order valence-corrected chi connectivity index (χ4v) is 3.81. The van der Waals surface area contributed by atoms with Crippen molar-refractivity contribution in [3.05, 3.63) is 52.5 Å². The van der Waals surface area contributed by atoms with Crippen LogP contribution in [0.5, 0.6) is 0 Å². The van der Waals surface area contributed by atoms with Gasteiger partial charge in [0.2, 0.25) is 0 Å². The van der Waals surface area contributed by atoms with E-state index >= 15 is 0 Å². The molecule has 2 heterocycles. The number of rotatable bonds is 5. The molecule has 0 aromatic heterocycles. The van der Waals surface area contributed by atoms with Gasteiger partial charge in [0.15, 0.2) is 0 Å². The minimum Gasteiger partial charge on any atom is -0.381 e. The number of anilines is 3. The van der Waals surface area contributed by atoms with Crippen LogP contribution in [0.2, 0.25) is 5.02 Å². The van der Waals surface area contributed by atoms with Gasteiger partial charge in [-0.3, -0.25) is 4.79 Å². The maximum Gasteiger partial charge on any atom is 0.257 e. The molecule has 5 nitrogen and oxygen atoms in total. The van der Waals surface area contributed by atoms with E-state index in [4.69, 9.17) is 16.3 Å². The smallest absolute Gasteiger partial charge is 0.257 e. The number of carbonyl (C=O) groups is 1. The van der Waals surface area contributed by atoms with Crippen molar-refractivity contribution in [2.75, 3.05) is 30.4 Å². The first-order chi connectivity index (χ1) is 13.2. The second-order valence-corrected chi connectivity index (χ2v) is 7.61. The van der Waals surface area contributed by atoms with E-state index in [0.717, 1.165) is 49.3 Å². The molecule has 2 aromatic carbocycles. The number of nitrogens with one attached hydrogen (secondary N) is 3. The number of hydrogen-bond acceptors (Lipinski definition) is 4. The average Bonchev–Trinajstić information content (AvgIpc) is 2.81. The monoisotopic (exact) mass is 385 g/mol. The maximum absolute atomic E-state index is 12.4. The molecular formula is C21H24ClN3O2. The minimum absolute atomic E-state index is 0.129. The second-order valence-electron chi connectivity index (χ2n) is 7.17. The summed E-state index contributed by atoms with van der Waals surface area (Å²) < 4.78 is 5.41. The number of benzene rings is 2. The molecule has 0 bridgehead atoms. The molecule has 3 N–H and O–H groups in total. The summed E-state index contributed by atoms with van der Waals surface area (Å²) in [7, 11) is 0. The maximum atomic E-state index is 12.4. The molecule has 2 aliphatic rings. The summed E-state index contributed by atoms with van der Waals surface area (Å²) in [4.78, 5) is 12.4. The second kappa shape index (κ2) is 8.30. The summed E-state index contributed by atoms with van der Waals surface area (Å²) in [5.41, 5.74) is 4.15. The number of carbonyl (C=O) groups excluding carboxylic acids is 1. The van der Waals surface area contributed by atoms with Crippen molar-refractivity contribution in [1.29, 1.82) is 0 Å². The Bertz CT molecular complexity index is 834. The highest BCUT2D eigenvalue weighted by Gasteiger charge is 2.19. The van der Waals surface area contributed by atoms with E-state index in [9.17, 15) is 4.79 Å². The molecule has 2 aromatic rings. The van der Waals surface area contributed by atoms with Crippen molar-refractivity contribution >= 4 is 34.6 Å². The van der Waals surface area contributed by atoms with Crippen LogP contribution in [0, 0.1) is 5.92 Å². The van der Waals surface area contributed by atoms with Gasteiger partial charge in [-0.1, -0.05) is 17.7 Å². The molecule has 0 atom stereocenters. The van der Waals surface area contributed by atoms with Gasteiger partial charge >= 0.3 is 0 Å². The fourth-order valence-electron chi connectivity index (χ4n) is 3.64. The van der Waals surface area contributed by atoms with Gasteiger partial charge in [-0.15, -0.1) is 0 Å². The highest BCUT2D eigenvalue weighted by molar-refractivity contribution is 6.31. The van der Waals surface area contributed by atoms with Crippen molar-refractivity contribution in [3.8, 4) is 0 Å². The largest absolute Gasteiger partial charge is 0.381 e. The first kappa shape index (κ1) is 18.3. The van der Waals surface area contributed by atoms with E-state index in [1.807, 2.05) is 12.1 Å². The van der Waals surface area contributed by atoms with Gasteiger partial charge in [0, 0.05) is 24.8 Å². The standard InChI is InChI=1S/C21H24ClN3O2/c22-16-2-3-17-19(12-16)24-20-11-15(1-4-18(20)25-21(17)26)13-23-8-5-14-6-9-27-10-7-14/h1-4,11-12,14,23-24H,5-10,13H2,(H,25,26). The van der Waals surface area contributed by atoms with Crippen molar-refractivity contribution < 1.29 is 9.53 Å². The van der Waals surface area contributed by atoms with Crippen LogP contribution in [0.25, 0.3) is 0 Å². The molecule has 0 saturated carbocycles. The quantitative estimate of drug-likeness (QED) is 0.660. The lowest BCUT2D eigenvalue weighted by Crippen LogP contribution is -2.22. The topological polar surface area (TPSA) is 62.4 Å². The molecule has 0 spiro atoms. The third kappa shape index (κ3) is 4.43. The molecule has 0 radical (unpaired) electrons. The lowest BCUT2D eigenvalue weighted by atomic mass is 9.97. The first-order valence-corrected chi connectivity index (χ1v) is 9.86. The Morgan fingerprint density at radius 3 is 2.74 bits per heavy atom.